The van der Waals surface area contributed by atoms with E-state index in [-0.39, 0.29) is 22.5 Å². The normalized spacial score (nSPS) is 17.9. The van der Waals surface area contributed by atoms with E-state index in [1.54, 1.807) is 18.2 Å². The third-order valence-corrected chi connectivity index (χ3v) is 6.06. The van der Waals surface area contributed by atoms with Gasteiger partial charge in [-0.25, -0.2) is 4.98 Å². The maximum atomic E-state index is 11.4. The molecule has 1 aromatic carbocycles. The summed E-state index contributed by atoms with van der Waals surface area (Å²) in [6.45, 7) is 8.92. The Morgan fingerprint density at radius 2 is 1.78 bits per heavy atom. The van der Waals surface area contributed by atoms with E-state index in [4.69, 9.17) is 5.73 Å². The van der Waals surface area contributed by atoms with Gasteiger partial charge in [0.1, 0.15) is 11.4 Å². The standard InChI is InChI=1S/C24H30N6O2/c1-23(2)12-15(13-24(3,4)29-23)30(5)21-9-8-17(27-28-21)16-10-14-6-7-18(22(25)32)26-19(14)11-20(16)31/h6-11,15,29,31H,12-13H2,1-5H3,(H2,25,32). The van der Waals surface area contributed by atoms with Crippen molar-refractivity contribution < 1.29 is 9.90 Å². The van der Waals surface area contributed by atoms with Crippen molar-refractivity contribution in [2.24, 2.45) is 5.73 Å². The maximum absolute atomic E-state index is 11.4. The van der Waals surface area contributed by atoms with Gasteiger partial charge in [-0.1, -0.05) is 6.07 Å². The fourth-order valence-electron chi connectivity index (χ4n) is 4.89. The minimum Gasteiger partial charge on any atom is -0.507 e. The van der Waals surface area contributed by atoms with Crippen LogP contribution < -0.4 is 16.0 Å². The van der Waals surface area contributed by atoms with E-state index >= 15 is 0 Å². The Balaban J connectivity index is 1.61. The SMILES string of the molecule is CN(c1ccc(-c2cc3ccc(C(N)=O)nc3cc2O)nn1)C1CC(C)(C)NC(C)(C)C1. The van der Waals surface area contributed by atoms with Crippen molar-refractivity contribution in [3.63, 3.8) is 0 Å². The molecule has 4 rings (SSSR count). The second kappa shape index (κ2) is 7.70. The lowest BCUT2D eigenvalue weighted by atomic mass is 9.79. The topological polar surface area (TPSA) is 117 Å². The highest BCUT2D eigenvalue weighted by Gasteiger charge is 2.39. The van der Waals surface area contributed by atoms with E-state index < -0.39 is 5.91 Å². The lowest BCUT2D eigenvalue weighted by Gasteiger charge is -2.49. The molecule has 1 aliphatic heterocycles. The van der Waals surface area contributed by atoms with Gasteiger partial charge < -0.3 is 21.1 Å². The molecule has 0 radical (unpaired) electrons. The number of primary amides is 1. The van der Waals surface area contributed by atoms with Gasteiger partial charge in [0, 0.05) is 41.2 Å². The largest absolute Gasteiger partial charge is 0.507 e. The summed E-state index contributed by atoms with van der Waals surface area (Å²) in [5.41, 5.74) is 7.12. The van der Waals surface area contributed by atoms with Crippen molar-refractivity contribution in [2.45, 2.75) is 57.7 Å². The van der Waals surface area contributed by atoms with E-state index in [0.29, 0.717) is 22.8 Å². The molecule has 1 saturated heterocycles. The molecule has 8 heteroatoms. The molecular formula is C24H30N6O2. The molecule has 1 aliphatic rings. The number of hydrogen-bond donors (Lipinski definition) is 3. The molecule has 1 amide bonds. The zero-order valence-corrected chi connectivity index (χ0v) is 19.2. The number of nitrogens with one attached hydrogen (secondary N) is 1. The van der Waals surface area contributed by atoms with Crippen LogP contribution in [0.3, 0.4) is 0 Å². The number of rotatable bonds is 4. The molecule has 0 bridgehead atoms. The summed E-state index contributed by atoms with van der Waals surface area (Å²) in [5, 5.41) is 23.9. The summed E-state index contributed by atoms with van der Waals surface area (Å²) in [4.78, 5) is 17.8. The molecule has 8 nitrogen and oxygen atoms in total. The monoisotopic (exact) mass is 434 g/mol. The van der Waals surface area contributed by atoms with E-state index in [1.807, 2.05) is 12.1 Å². The van der Waals surface area contributed by atoms with Crippen molar-refractivity contribution in [2.75, 3.05) is 11.9 Å². The van der Waals surface area contributed by atoms with Crippen LogP contribution in [0.5, 0.6) is 5.75 Å². The highest BCUT2D eigenvalue weighted by molar-refractivity contribution is 5.95. The molecule has 32 heavy (non-hydrogen) atoms. The van der Waals surface area contributed by atoms with Crippen molar-refractivity contribution >= 4 is 22.6 Å². The van der Waals surface area contributed by atoms with Crippen molar-refractivity contribution in [1.82, 2.24) is 20.5 Å². The Labute approximate surface area is 187 Å². The maximum Gasteiger partial charge on any atom is 0.267 e. The smallest absolute Gasteiger partial charge is 0.267 e. The number of aromatic nitrogens is 3. The minimum absolute atomic E-state index is 0.0175. The number of piperidine rings is 1. The first kappa shape index (κ1) is 22.0. The minimum atomic E-state index is -0.610. The van der Waals surface area contributed by atoms with Crippen molar-refractivity contribution in [1.29, 1.82) is 0 Å². The van der Waals surface area contributed by atoms with Crippen LogP contribution in [-0.4, -0.2) is 50.4 Å². The number of carbonyl (C=O) groups is 1. The molecule has 1 fully saturated rings. The van der Waals surface area contributed by atoms with Crippen molar-refractivity contribution in [3.05, 3.63) is 42.1 Å². The Morgan fingerprint density at radius 3 is 2.38 bits per heavy atom. The average molecular weight is 435 g/mol. The number of nitrogens with zero attached hydrogens (tertiary/aromatic N) is 4. The van der Waals surface area contributed by atoms with Gasteiger partial charge in [0.05, 0.1) is 11.2 Å². The van der Waals surface area contributed by atoms with Crippen LogP contribution in [0.15, 0.2) is 36.4 Å². The molecule has 0 spiro atoms. The number of phenols is 1. The summed E-state index contributed by atoms with van der Waals surface area (Å²) in [7, 11) is 2.06. The fourth-order valence-corrected chi connectivity index (χ4v) is 4.89. The molecular weight excluding hydrogens is 404 g/mol. The predicted molar refractivity (Wildman–Crippen MR) is 126 cm³/mol. The van der Waals surface area contributed by atoms with Gasteiger partial charge in [0.15, 0.2) is 5.82 Å². The Hall–Kier alpha value is -3.26. The summed E-state index contributed by atoms with van der Waals surface area (Å²) in [6.07, 6.45) is 2.00. The van der Waals surface area contributed by atoms with E-state index in [1.165, 1.54) is 6.07 Å². The number of anilines is 1. The number of benzene rings is 1. The number of amides is 1. The number of fused-ring (bicyclic) bond motifs is 1. The zero-order chi connectivity index (χ0) is 23.3. The second-order valence-electron chi connectivity index (χ2n) is 9.97. The van der Waals surface area contributed by atoms with Crippen LogP contribution in [0.4, 0.5) is 5.82 Å². The van der Waals surface area contributed by atoms with Crippen LogP contribution >= 0.6 is 0 Å². The van der Waals surface area contributed by atoms with Crippen LogP contribution in [0.25, 0.3) is 22.2 Å². The molecule has 3 heterocycles. The number of pyridine rings is 1. The number of aromatic hydroxyl groups is 1. The molecule has 4 N–H and O–H groups in total. The van der Waals surface area contributed by atoms with Crippen molar-refractivity contribution in [3.8, 4) is 17.0 Å². The van der Waals surface area contributed by atoms with Gasteiger partial charge in [0.25, 0.3) is 5.91 Å². The lowest BCUT2D eigenvalue weighted by Crippen LogP contribution is -2.62. The highest BCUT2D eigenvalue weighted by atomic mass is 16.3. The molecule has 0 atom stereocenters. The van der Waals surface area contributed by atoms with Gasteiger partial charge in [-0.05, 0) is 64.8 Å². The number of phenolic OH excluding ortho intramolecular Hbond substituents is 1. The number of carbonyl (C=O) groups excluding carboxylic acids is 1. The Kier molecular flexibility index (Phi) is 5.29. The highest BCUT2D eigenvalue weighted by Crippen LogP contribution is 2.34. The third-order valence-electron chi connectivity index (χ3n) is 6.06. The summed E-state index contributed by atoms with van der Waals surface area (Å²) in [6, 6.07) is 10.7. The number of hydrogen-bond acceptors (Lipinski definition) is 7. The Bertz CT molecular complexity index is 1160. The first-order chi connectivity index (χ1) is 14.9. The first-order valence-corrected chi connectivity index (χ1v) is 10.7. The van der Waals surface area contributed by atoms with Gasteiger partial charge >= 0.3 is 0 Å². The van der Waals surface area contributed by atoms with E-state index in [0.717, 1.165) is 24.0 Å². The first-order valence-electron chi connectivity index (χ1n) is 10.7. The second-order valence-corrected chi connectivity index (χ2v) is 9.97. The zero-order valence-electron chi connectivity index (χ0n) is 19.2. The van der Waals surface area contributed by atoms with Crippen LogP contribution in [-0.2, 0) is 0 Å². The number of nitrogens with two attached hydrogens (primary N) is 1. The molecule has 168 valence electrons. The lowest BCUT2D eigenvalue weighted by molar-refractivity contribution is 0.0996. The molecule has 2 aromatic heterocycles. The van der Waals surface area contributed by atoms with Gasteiger partial charge in [-0.3, -0.25) is 4.79 Å². The third kappa shape index (κ3) is 4.36. The van der Waals surface area contributed by atoms with Gasteiger partial charge in [-0.2, -0.15) is 0 Å². The van der Waals surface area contributed by atoms with Crippen LogP contribution in [0, 0.1) is 0 Å². The summed E-state index contributed by atoms with van der Waals surface area (Å²) < 4.78 is 0. The van der Waals surface area contributed by atoms with E-state index in [9.17, 15) is 9.90 Å². The van der Waals surface area contributed by atoms with Gasteiger partial charge in [-0.15, -0.1) is 10.2 Å². The summed E-state index contributed by atoms with van der Waals surface area (Å²) in [5.74, 6) is 0.200. The molecule has 0 aliphatic carbocycles. The quantitative estimate of drug-likeness (QED) is 0.577. The van der Waals surface area contributed by atoms with Gasteiger partial charge in [0.2, 0.25) is 0 Å². The molecule has 0 unspecified atom stereocenters. The Morgan fingerprint density at radius 1 is 1.09 bits per heavy atom. The summed E-state index contributed by atoms with van der Waals surface area (Å²) >= 11 is 0. The average Bonchev–Trinajstić information content (AvgIpc) is 2.70. The predicted octanol–water partition coefficient (Wildman–Crippen LogP) is 3.24. The fraction of sp³-hybridized carbons (Fsp3) is 0.417. The molecule has 3 aromatic rings. The van der Waals surface area contributed by atoms with E-state index in [2.05, 4.69) is 60.1 Å². The molecule has 0 saturated carbocycles. The van der Waals surface area contributed by atoms with Crippen LogP contribution in [0.2, 0.25) is 0 Å². The van der Waals surface area contributed by atoms with Crippen LogP contribution in [0.1, 0.15) is 51.0 Å².